The van der Waals surface area contributed by atoms with Gasteiger partial charge < -0.3 is 0 Å². The Morgan fingerprint density at radius 3 is 2.78 bits per heavy atom. The van der Waals surface area contributed by atoms with Crippen LogP contribution in [0.5, 0.6) is 0 Å². The first-order chi connectivity index (χ1) is 8.56. The van der Waals surface area contributed by atoms with E-state index in [-0.39, 0.29) is 12.2 Å². The van der Waals surface area contributed by atoms with Crippen molar-refractivity contribution < 1.29 is 9.18 Å². The number of benzene rings is 1. The van der Waals surface area contributed by atoms with Crippen molar-refractivity contribution in [3.05, 3.63) is 63.1 Å². The number of hydrogen-bond acceptors (Lipinski definition) is 2. The van der Waals surface area contributed by atoms with Gasteiger partial charge in [0, 0.05) is 22.1 Å². The predicted molar refractivity (Wildman–Crippen MR) is 71.4 cm³/mol. The van der Waals surface area contributed by atoms with E-state index >= 15 is 0 Å². The Morgan fingerprint density at radius 1 is 1.33 bits per heavy atom. The fourth-order valence-electron chi connectivity index (χ4n) is 1.48. The molecule has 18 heavy (non-hydrogen) atoms. The summed E-state index contributed by atoms with van der Waals surface area (Å²) in [5.74, 6) is -0.610. The van der Waals surface area contributed by atoms with Crippen LogP contribution in [-0.4, -0.2) is 10.8 Å². The maximum atomic E-state index is 13.1. The number of Topliss-reactive ketones (excluding diaryl/α,β-unsaturated/α-hetero) is 1. The van der Waals surface area contributed by atoms with Crippen molar-refractivity contribution in [3.8, 4) is 0 Å². The second-order valence-corrected chi connectivity index (χ2v) is 5.02. The Labute approximate surface area is 117 Å². The third kappa shape index (κ3) is 3.15. The quantitative estimate of drug-likeness (QED) is 0.795. The molecule has 0 radical (unpaired) electrons. The summed E-state index contributed by atoms with van der Waals surface area (Å²) in [6.45, 7) is 0. The Bertz CT molecular complexity index is 586. The molecule has 0 unspecified atom stereocenters. The molecule has 2 nitrogen and oxygen atoms in total. The number of aromatic nitrogens is 1. The largest absolute Gasteiger partial charge is 0.292 e. The molecule has 0 aliphatic carbocycles. The molecule has 92 valence electrons. The molecule has 0 saturated carbocycles. The fourth-order valence-corrected chi connectivity index (χ4v) is 1.90. The van der Waals surface area contributed by atoms with Crippen molar-refractivity contribution in [1.82, 2.24) is 4.98 Å². The molecule has 5 heteroatoms. The van der Waals surface area contributed by atoms with Crippen molar-refractivity contribution in [2.75, 3.05) is 0 Å². The summed E-state index contributed by atoms with van der Waals surface area (Å²) in [4.78, 5) is 15.9. The van der Waals surface area contributed by atoms with Gasteiger partial charge in [-0.2, -0.15) is 0 Å². The maximum Gasteiger partial charge on any atom is 0.185 e. The van der Waals surface area contributed by atoms with E-state index in [4.69, 9.17) is 11.6 Å². The van der Waals surface area contributed by atoms with Gasteiger partial charge in [0.25, 0.3) is 0 Å². The van der Waals surface area contributed by atoms with E-state index in [1.807, 2.05) is 0 Å². The molecule has 0 atom stereocenters. The molecule has 0 spiro atoms. The van der Waals surface area contributed by atoms with Gasteiger partial charge in [-0.05, 0) is 51.8 Å². The Hall–Kier alpha value is -1.26. The van der Waals surface area contributed by atoms with Gasteiger partial charge in [0.05, 0.1) is 0 Å². The van der Waals surface area contributed by atoms with Gasteiger partial charge in [-0.25, -0.2) is 4.39 Å². The normalized spacial score (nSPS) is 10.4. The van der Waals surface area contributed by atoms with Crippen LogP contribution in [0.2, 0.25) is 5.02 Å². The highest BCUT2D eigenvalue weighted by molar-refractivity contribution is 9.10. The zero-order chi connectivity index (χ0) is 13.1. The minimum absolute atomic E-state index is 0.0330. The summed E-state index contributed by atoms with van der Waals surface area (Å²) in [6, 6.07) is 7.30. The SMILES string of the molecule is O=C(Cc1cc(F)ccc1Cl)c1ccc(Br)cn1. The van der Waals surface area contributed by atoms with Crippen LogP contribution in [-0.2, 0) is 6.42 Å². The second kappa shape index (κ2) is 5.59. The van der Waals surface area contributed by atoms with Gasteiger partial charge >= 0.3 is 0 Å². The molecule has 1 aromatic carbocycles. The number of nitrogens with zero attached hydrogens (tertiary/aromatic N) is 1. The monoisotopic (exact) mass is 327 g/mol. The Morgan fingerprint density at radius 2 is 2.11 bits per heavy atom. The molecule has 0 saturated heterocycles. The van der Waals surface area contributed by atoms with Crippen molar-refractivity contribution in [1.29, 1.82) is 0 Å². The van der Waals surface area contributed by atoms with Crippen LogP contribution in [0.25, 0.3) is 0 Å². The minimum atomic E-state index is -0.411. The molecular weight excluding hydrogens is 321 g/mol. The van der Waals surface area contributed by atoms with Crippen molar-refractivity contribution >= 4 is 33.3 Å². The molecule has 0 aliphatic rings. The van der Waals surface area contributed by atoms with Crippen LogP contribution in [0.4, 0.5) is 4.39 Å². The third-order valence-corrected chi connectivity index (χ3v) is 3.21. The lowest BCUT2D eigenvalue weighted by Gasteiger charge is -2.03. The zero-order valence-corrected chi connectivity index (χ0v) is 11.5. The van der Waals surface area contributed by atoms with E-state index < -0.39 is 5.82 Å². The molecule has 0 bridgehead atoms. The van der Waals surface area contributed by atoms with Gasteiger partial charge in [-0.15, -0.1) is 0 Å². The lowest BCUT2D eigenvalue weighted by molar-refractivity contribution is 0.0988. The van der Waals surface area contributed by atoms with Gasteiger partial charge in [0.1, 0.15) is 11.5 Å². The van der Waals surface area contributed by atoms with Crippen LogP contribution in [0.1, 0.15) is 16.1 Å². The molecule has 0 aliphatic heterocycles. The van der Waals surface area contributed by atoms with E-state index in [9.17, 15) is 9.18 Å². The minimum Gasteiger partial charge on any atom is -0.292 e. The highest BCUT2D eigenvalue weighted by atomic mass is 79.9. The molecule has 0 N–H and O–H groups in total. The van der Waals surface area contributed by atoms with E-state index in [1.165, 1.54) is 18.2 Å². The third-order valence-electron chi connectivity index (χ3n) is 2.37. The first-order valence-electron chi connectivity index (χ1n) is 5.15. The topological polar surface area (TPSA) is 30.0 Å². The molecule has 2 rings (SSSR count). The Balaban J connectivity index is 2.21. The maximum absolute atomic E-state index is 13.1. The standard InChI is InChI=1S/C13H8BrClFNO/c14-9-1-4-12(17-7-9)13(18)6-8-5-10(16)2-3-11(8)15/h1-5,7H,6H2. The number of ketones is 1. The Kier molecular flexibility index (Phi) is 4.09. The van der Waals surface area contributed by atoms with Crippen LogP contribution in [0.15, 0.2) is 41.0 Å². The lowest BCUT2D eigenvalue weighted by Crippen LogP contribution is -2.06. The number of carbonyl (C=O) groups is 1. The summed E-state index contributed by atoms with van der Waals surface area (Å²) < 4.78 is 13.9. The summed E-state index contributed by atoms with van der Waals surface area (Å²) >= 11 is 9.14. The van der Waals surface area contributed by atoms with Crippen molar-refractivity contribution in [2.24, 2.45) is 0 Å². The second-order valence-electron chi connectivity index (χ2n) is 3.70. The number of pyridine rings is 1. The van der Waals surface area contributed by atoms with Crippen LogP contribution in [0.3, 0.4) is 0 Å². The number of hydrogen-bond donors (Lipinski definition) is 0. The molecule has 1 heterocycles. The molecule has 0 amide bonds. The predicted octanol–water partition coefficient (Wildman–Crippen LogP) is 4.06. The fraction of sp³-hybridized carbons (Fsp3) is 0.0769. The van der Waals surface area contributed by atoms with Crippen LogP contribution < -0.4 is 0 Å². The van der Waals surface area contributed by atoms with Gasteiger partial charge in [0.15, 0.2) is 5.78 Å². The number of rotatable bonds is 3. The highest BCUT2D eigenvalue weighted by Gasteiger charge is 2.11. The summed E-state index contributed by atoms with van der Waals surface area (Å²) in [5, 5.41) is 0.377. The van der Waals surface area contributed by atoms with Crippen LogP contribution in [0, 0.1) is 5.82 Å². The van der Waals surface area contributed by atoms with Crippen molar-refractivity contribution in [2.45, 2.75) is 6.42 Å². The molecule has 2 aromatic rings. The number of carbonyl (C=O) groups excluding carboxylic acids is 1. The summed E-state index contributed by atoms with van der Waals surface area (Å²) in [6.07, 6.45) is 1.58. The van der Waals surface area contributed by atoms with E-state index in [1.54, 1.807) is 18.3 Å². The summed E-state index contributed by atoms with van der Waals surface area (Å²) in [5.41, 5.74) is 0.796. The number of halogens is 3. The van der Waals surface area contributed by atoms with Gasteiger partial charge in [-0.1, -0.05) is 11.6 Å². The molecule has 0 fully saturated rings. The molecule has 1 aromatic heterocycles. The zero-order valence-electron chi connectivity index (χ0n) is 9.16. The highest BCUT2D eigenvalue weighted by Crippen LogP contribution is 2.19. The average Bonchev–Trinajstić information content (AvgIpc) is 2.34. The van der Waals surface area contributed by atoms with Crippen LogP contribution >= 0.6 is 27.5 Å². The van der Waals surface area contributed by atoms with Crippen molar-refractivity contribution in [3.63, 3.8) is 0 Å². The summed E-state index contributed by atoms with van der Waals surface area (Å²) in [7, 11) is 0. The van der Waals surface area contributed by atoms with E-state index in [2.05, 4.69) is 20.9 Å². The first-order valence-corrected chi connectivity index (χ1v) is 6.32. The van der Waals surface area contributed by atoms with Gasteiger partial charge in [-0.3, -0.25) is 9.78 Å². The average molecular weight is 329 g/mol. The smallest absolute Gasteiger partial charge is 0.185 e. The van der Waals surface area contributed by atoms with E-state index in [0.29, 0.717) is 16.3 Å². The molecular formula is C13H8BrClFNO. The first kappa shape index (κ1) is 13.2. The van der Waals surface area contributed by atoms with Gasteiger partial charge in [0.2, 0.25) is 0 Å². The lowest BCUT2D eigenvalue weighted by atomic mass is 10.1. The van der Waals surface area contributed by atoms with E-state index in [0.717, 1.165) is 4.47 Å².